The summed E-state index contributed by atoms with van der Waals surface area (Å²) < 4.78 is 12.8. The number of halogens is 1. The molecule has 1 aromatic heterocycles. The van der Waals surface area contributed by atoms with Crippen LogP contribution in [-0.2, 0) is 11.8 Å². The minimum Gasteiger partial charge on any atom is -0.337 e. The lowest BCUT2D eigenvalue weighted by molar-refractivity contribution is 0.252. The van der Waals surface area contributed by atoms with Crippen LogP contribution in [0.5, 0.6) is 0 Å². The van der Waals surface area contributed by atoms with Gasteiger partial charge in [-0.2, -0.15) is 0 Å². The molecule has 2 aromatic rings. The van der Waals surface area contributed by atoms with E-state index in [1.807, 2.05) is 12.1 Å². The van der Waals surface area contributed by atoms with Gasteiger partial charge in [-0.05, 0) is 36.2 Å². The van der Waals surface area contributed by atoms with Gasteiger partial charge in [0.25, 0.3) is 0 Å². The maximum Gasteiger partial charge on any atom is 0.320 e. The molecule has 5 heteroatoms. The van der Waals surface area contributed by atoms with Crippen molar-refractivity contribution in [3.8, 4) is 0 Å². The Kier molecular flexibility index (Phi) is 5.32. The van der Waals surface area contributed by atoms with Crippen LogP contribution in [-0.4, -0.2) is 17.6 Å². The first-order chi connectivity index (χ1) is 10.8. The Hall–Kier alpha value is -2.43. The molecule has 0 aliphatic heterocycles. The van der Waals surface area contributed by atoms with Gasteiger partial charge in [0, 0.05) is 17.7 Å². The topological polar surface area (TPSA) is 54.0 Å². The van der Waals surface area contributed by atoms with Gasteiger partial charge in [-0.1, -0.05) is 39.0 Å². The van der Waals surface area contributed by atoms with Crippen LogP contribution in [0.25, 0.3) is 0 Å². The molecule has 0 radical (unpaired) electrons. The molecule has 0 aliphatic carbocycles. The highest BCUT2D eigenvalue weighted by atomic mass is 19.1. The first-order valence-electron chi connectivity index (χ1n) is 7.61. The van der Waals surface area contributed by atoms with Crippen molar-refractivity contribution in [1.29, 1.82) is 0 Å². The lowest BCUT2D eigenvalue weighted by Gasteiger charge is -2.18. The Morgan fingerprint density at radius 3 is 2.48 bits per heavy atom. The molecule has 2 N–H and O–H groups in total. The van der Waals surface area contributed by atoms with Crippen LogP contribution in [0.15, 0.2) is 42.5 Å². The van der Waals surface area contributed by atoms with Gasteiger partial charge >= 0.3 is 6.03 Å². The molecule has 1 heterocycles. The summed E-state index contributed by atoms with van der Waals surface area (Å²) in [5.74, 6) is 0.265. The number of nitrogens with one attached hydrogen (secondary N) is 2. The highest BCUT2D eigenvalue weighted by Crippen LogP contribution is 2.21. The molecule has 4 nitrogen and oxygen atoms in total. The molecule has 0 fully saturated rings. The largest absolute Gasteiger partial charge is 0.337 e. The number of carbonyl (C=O) groups is 1. The highest BCUT2D eigenvalue weighted by Gasteiger charge is 2.15. The fourth-order valence-electron chi connectivity index (χ4n) is 2.05. The molecule has 2 rings (SSSR count). The van der Waals surface area contributed by atoms with Crippen molar-refractivity contribution >= 4 is 11.8 Å². The van der Waals surface area contributed by atoms with Crippen molar-refractivity contribution < 1.29 is 9.18 Å². The summed E-state index contributed by atoms with van der Waals surface area (Å²) in [6.45, 7) is 6.68. The molecule has 0 saturated heterocycles. The van der Waals surface area contributed by atoms with Crippen LogP contribution in [0.3, 0.4) is 0 Å². The van der Waals surface area contributed by atoms with E-state index in [0.717, 1.165) is 11.3 Å². The summed E-state index contributed by atoms with van der Waals surface area (Å²) in [4.78, 5) is 16.3. The van der Waals surface area contributed by atoms with E-state index in [0.29, 0.717) is 18.8 Å². The Labute approximate surface area is 136 Å². The van der Waals surface area contributed by atoms with E-state index in [4.69, 9.17) is 0 Å². The number of benzene rings is 1. The number of anilines is 1. The lowest BCUT2D eigenvalue weighted by atomic mass is 9.92. The number of amides is 2. The van der Waals surface area contributed by atoms with Gasteiger partial charge in [-0.25, -0.2) is 14.2 Å². The first kappa shape index (κ1) is 16.9. The predicted octanol–water partition coefficient (Wildman–Crippen LogP) is 3.88. The van der Waals surface area contributed by atoms with Crippen molar-refractivity contribution in [2.24, 2.45) is 0 Å². The molecule has 0 spiro atoms. The average molecular weight is 315 g/mol. The number of aromatic nitrogens is 1. The summed E-state index contributed by atoms with van der Waals surface area (Å²) >= 11 is 0. The summed E-state index contributed by atoms with van der Waals surface area (Å²) in [5, 5.41) is 5.50. The van der Waals surface area contributed by atoms with Gasteiger partial charge in [0.15, 0.2) is 0 Å². The minimum absolute atomic E-state index is 0.0727. The molecular formula is C18H22FN3O. The van der Waals surface area contributed by atoms with Crippen LogP contribution in [0.1, 0.15) is 32.0 Å². The molecule has 0 atom stereocenters. The summed E-state index contributed by atoms with van der Waals surface area (Å²) in [6, 6.07) is 11.5. The number of carbonyl (C=O) groups excluding carboxylic acids is 1. The van der Waals surface area contributed by atoms with Crippen molar-refractivity contribution in [2.75, 3.05) is 11.9 Å². The fraction of sp³-hybridized carbons (Fsp3) is 0.333. The van der Waals surface area contributed by atoms with E-state index in [1.54, 1.807) is 18.2 Å². The first-order valence-corrected chi connectivity index (χ1v) is 7.61. The number of hydrogen-bond acceptors (Lipinski definition) is 2. The van der Waals surface area contributed by atoms with Crippen LogP contribution >= 0.6 is 0 Å². The third kappa shape index (κ3) is 5.36. The summed E-state index contributed by atoms with van der Waals surface area (Å²) in [5.41, 5.74) is 1.82. The van der Waals surface area contributed by atoms with Gasteiger partial charge in [-0.15, -0.1) is 0 Å². The van der Waals surface area contributed by atoms with E-state index in [-0.39, 0.29) is 17.3 Å². The number of hydrogen-bond donors (Lipinski definition) is 2. The zero-order chi connectivity index (χ0) is 16.9. The zero-order valence-electron chi connectivity index (χ0n) is 13.7. The molecule has 1 aromatic carbocycles. The molecule has 2 amide bonds. The van der Waals surface area contributed by atoms with Crippen molar-refractivity contribution in [1.82, 2.24) is 10.3 Å². The van der Waals surface area contributed by atoms with Gasteiger partial charge in [0.1, 0.15) is 11.6 Å². The van der Waals surface area contributed by atoms with Crippen molar-refractivity contribution in [3.63, 3.8) is 0 Å². The summed E-state index contributed by atoms with van der Waals surface area (Å²) in [7, 11) is 0. The third-order valence-corrected chi connectivity index (χ3v) is 3.37. The highest BCUT2D eigenvalue weighted by molar-refractivity contribution is 5.88. The van der Waals surface area contributed by atoms with E-state index >= 15 is 0 Å². The van der Waals surface area contributed by atoms with Gasteiger partial charge in [0.2, 0.25) is 0 Å². The van der Waals surface area contributed by atoms with Crippen LogP contribution in [0.4, 0.5) is 15.0 Å². The summed E-state index contributed by atoms with van der Waals surface area (Å²) in [6.07, 6.45) is 0.642. The molecule has 0 saturated carbocycles. The Balaban J connectivity index is 1.84. The van der Waals surface area contributed by atoms with E-state index in [2.05, 4.69) is 36.4 Å². The zero-order valence-corrected chi connectivity index (χ0v) is 13.7. The Morgan fingerprint density at radius 2 is 1.83 bits per heavy atom. The number of rotatable bonds is 4. The van der Waals surface area contributed by atoms with Crippen molar-refractivity contribution in [3.05, 3.63) is 59.5 Å². The second-order valence-electron chi connectivity index (χ2n) is 6.42. The Morgan fingerprint density at radius 1 is 1.13 bits per heavy atom. The molecule has 23 heavy (non-hydrogen) atoms. The third-order valence-electron chi connectivity index (χ3n) is 3.37. The second-order valence-corrected chi connectivity index (χ2v) is 6.42. The fourth-order valence-corrected chi connectivity index (χ4v) is 2.05. The number of urea groups is 1. The molecule has 0 bridgehead atoms. The maximum absolute atomic E-state index is 12.8. The van der Waals surface area contributed by atoms with Crippen molar-refractivity contribution in [2.45, 2.75) is 32.6 Å². The van der Waals surface area contributed by atoms with Crippen LogP contribution < -0.4 is 10.6 Å². The lowest BCUT2D eigenvalue weighted by Crippen LogP contribution is -2.31. The smallest absolute Gasteiger partial charge is 0.320 e. The van der Waals surface area contributed by atoms with Crippen LogP contribution in [0, 0.1) is 5.82 Å². The maximum atomic E-state index is 12.8. The molecular weight excluding hydrogens is 293 g/mol. The predicted molar refractivity (Wildman–Crippen MR) is 90.1 cm³/mol. The van der Waals surface area contributed by atoms with E-state index < -0.39 is 0 Å². The Bertz CT molecular complexity index is 663. The van der Waals surface area contributed by atoms with E-state index in [9.17, 15) is 9.18 Å². The van der Waals surface area contributed by atoms with Crippen LogP contribution in [0.2, 0.25) is 0 Å². The minimum atomic E-state index is -0.300. The number of nitrogens with zero attached hydrogens (tertiary/aromatic N) is 1. The molecule has 0 aliphatic rings. The monoisotopic (exact) mass is 315 g/mol. The standard InChI is InChI=1S/C18H22FN3O/c1-18(2,3)15-5-4-6-16(21-15)22-17(23)20-12-11-13-7-9-14(19)10-8-13/h4-10H,11-12H2,1-3H3,(H2,20,21,22,23). The van der Waals surface area contributed by atoms with Gasteiger partial charge in [0.05, 0.1) is 0 Å². The SMILES string of the molecule is CC(C)(C)c1cccc(NC(=O)NCCc2ccc(F)cc2)n1. The average Bonchev–Trinajstić information content (AvgIpc) is 2.49. The van der Waals surface area contributed by atoms with Gasteiger partial charge < -0.3 is 5.32 Å². The van der Waals surface area contributed by atoms with Gasteiger partial charge in [-0.3, -0.25) is 5.32 Å². The second kappa shape index (κ2) is 7.22. The quantitative estimate of drug-likeness (QED) is 0.899. The normalized spacial score (nSPS) is 11.1. The molecule has 0 unspecified atom stereocenters. The van der Waals surface area contributed by atoms with E-state index in [1.165, 1.54) is 12.1 Å². The molecule has 122 valence electrons. The number of pyridine rings is 1.